The molecule has 3 aromatic heterocycles. The fraction of sp³-hybridized carbons (Fsp3) is 0.261. The zero-order chi connectivity index (χ0) is 22.1. The number of aryl methyl sites for hydroxylation is 3. The lowest BCUT2D eigenvalue weighted by Gasteiger charge is -2.07. The largest absolute Gasteiger partial charge is 0.477 e. The van der Waals surface area contributed by atoms with Gasteiger partial charge in [0.2, 0.25) is 0 Å². The van der Waals surface area contributed by atoms with Crippen LogP contribution in [-0.4, -0.2) is 32.2 Å². The first-order valence-corrected chi connectivity index (χ1v) is 10.9. The maximum atomic E-state index is 13.9. The molecule has 2 N–H and O–H groups in total. The standard InChI is InChI=1S/C23H23FN4O2S/c1-4-28-11-15(8-20(28)23(29)30)19-10-21(27-12-26-19)25-6-5-17-14(3)31-22-13(2)7-16(24)9-18(17)22/h7-12H,4-6H2,1-3H3,(H,29,30)(H,25,26,27). The molecule has 3 heterocycles. The summed E-state index contributed by atoms with van der Waals surface area (Å²) < 4.78 is 16.7. The van der Waals surface area contributed by atoms with Gasteiger partial charge in [-0.25, -0.2) is 19.2 Å². The Morgan fingerprint density at radius 3 is 2.74 bits per heavy atom. The van der Waals surface area contributed by atoms with E-state index < -0.39 is 5.97 Å². The highest BCUT2D eigenvalue weighted by Crippen LogP contribution is 2.34. The van der Waals surface area contributed by atoms with Crippen LogP contribution in [0.15, 0.2) is 36.8 Å². The number of nitrogens with zero attached hydrogens (tertiary/aromatic N) is 3. The molecule has 31 heavy (non-hydrogen) atoms. The zero-order valence-corrected chi connectivity index (χ0v) is 18.4. The van der Waals surface area contributed by atoms with Crippen molar-refractivity contribution in [1.82, 2.24) is 14.5 Å². The van der Waals surface area contributed by atoms with Crippen molar-refractivity contribution in [3.63, 3.8) is 0 Å². The molecule has 0 saturated heterocycles. The van der Waals surface area contributed by atoms with Gasteiger partial charge < -0.3 is 15.0 Å². The molecule has 0 aliphatic carbocycles. The van der Waals surface area contributed by atoms with Gasteiger partial charge in [0.15, 0.2) is 0 Å². The summed E-state index contributed by atoms with van der Waals surface area (Å²) >= 11 is 1.70. The molecular weight excluding hydrogens is 415 g/mol. The molecule has 0 saturated carbocycles. The van der Waals surface area contributed by atoms with Gasteiger partial charge >= 0.3 is 5.97 Å². The lowest BCUT2D eigenvalue weighted by atomic mass is 10.1. The molecule has 160 valence electrons. The van der Waals surface area contributed by atoms with Gasteiger partial charge in [-0.2, -0.15) is 0 Å². The molecular formula is C23H23FN4O2S. The van der Waals surface area contributed by atoms with E-state index in [1.165, 1.54) is 11.2 Å². The molecule has 0 fully saturated rings. The van der Waals surface area contributed by atoms with Crippen molar-refractivity contribution >= 4 is 33.2 Å². The number of rotatable bonds is 7. The number of carboxylic acid groups (broad SMARTS) is 1. The van der Waals surface area contributed by atoms with E-state index in [2.05, 4.69) is 22.2 Å². The first kappa shape index (κ1) is 21.0. The molecule has 1 aromatic carbocycles. The number of fused-ring (bicyclic) bond motifs is 1. The number of carbonyl (C=O) groups is 1. The molecule has 0 spiro atoms. The van der Waals surface area contributed by atoms with E-state index in [1.54, 1.807) is 40.3 Å². The quantitative estimate of drug-likeness (QED) is 0.410. The lowest BCUT2D eigenvalue weighted by Crippen LogP contribution is -2.07. The van der Waals surface area contributed by atoms with Gasteiger partial charge in [0.25, 0.3) is 0 Å². The fourth-order valence-corrected chi connectivity index (χ4v) is 4.98. The van der Waals surface area contributed by atoms with Crippen LogP contribution in [0.5, 0.6) is 0 Å². The summed E-state index contributed by atoms with van der Waals surface area (Å²) in [4.78, 5) is 21.2. The minimum absolute atomic E-state index is 0.211. The molecule has 0 unspecified atom stereocenters. The maximum Gasteiger partial charge on any atom is 0.352 e. The number of aromatic nitrogens is 3. The van der Waals surface area contributed by atoms with E-state index in [-0.39, 0.29) is 11.5 Å². The number of thiophene rings is 1. The van der Waals surface area contributed by atoms with Crippen molar-refractivity contribution in [3.05, 3.63) is 64.3 Å². The first-order chi connectivity index (χ1) is 14.9. The predicted molar refractivity (Wildman–Crippen MR) is 122 cm³/mol. The molecule has 0 aliphatic heterocycles. The predicted octanol–water partition coefficient (Wildman–Crippen LogP) is 5.29. The Morgan fingerprint density at radius 1 is 1.23 bits per heavy atom. The van der Waals surface area contributed by atoms with E-state index in [1.807, 2.05) is 19.9 Å². The van der Waals surface area contributed by atoms with Crippen LogP contribution in [-0.2, 0) is 13.0 Å². The number of anilines is 1. The van der Waals surface area contributed by atoms with Crippen LogP contribution in [0.4, 0.5) is 10.2 Å². The molecule has 0 bridgehead atoms. The van der Waals surface area contributed by atoms with Crippen LogP contribution >= 0.6 is 11.3 Å². The third-order valence-corrected chi connectivity index (χ3v) is 6.64. The van der Waals surface area contributed by atoms with Crippen molar-refractivity contribution in [1.29, 1.82) is 0 Å². The Morgan fingerprint density at radius 2 is 2.03 bits per heavy atom. The van der Waals surface area contributed by atoms with Crippen LogP contribution in [0.3, 0.4) is 0 Å². The van der Waals surface area contributed by atoms with Gasteiger partial charge in [-0.15, -0.1) is 11.3 Å². The molecule has 0 atom stereocenters. The van der Waals surface area contributed by atoms with Gasteiger partial charge in [0.05, 0.1) is 5.69 Å². The summed E-state index contributed by atoms with van der Waals surface area (Å²) in [6, 6.07) is 6.62. The van der Waals surface area contributed by atoms with Gasteiger partial charge in [-0.05, 0) is 61.9 Å². The minimum atomic E-state index is -0.967. The van der Waals surface area contributed by atoms with Gasteiger partial charge in [0, 0.05) is 40.5 Å². The van der Waals surface area contributed by atoms with E-state index >= 15 is 0 Å². The Balaban J connectivity index is 1.52. The number of hydrogen-bond acceptors (Lipinski definition) is 5. The average molecular weight is 439 g/mol. The normalized spacial score (nSPS) is 11.2. The summed E-state index contributed by atoms with van der Waals surface area (Å²) in [5.41, 5.74) is 3.73. The summed E-state index contributed by atoms with van der Waals surface area (Å²) in [6.45, 7) is 7.10. The number of hydrogen-bond donors (Lipinski definition) is 2. The second-order valence-corrected chi connectivity index (χ2v) is 8.63. The number of benzene rings is 1. The lowest BCUT2D eigenvalue weighted by molar-refractivity contribution is 0.0685. The minimum Gasteiger partial charge on any atom is -0.477 e. The summed E-state index contributed by atoms with van der Waals surface area (Å²) in [5.74, 6) is -0.520. The fourth-order valence-electron chi connectivity index (χ4n) is 3.82. The summed E-state index contributed by atoms with van der Waals surface area (Å²) in [7, 11) is 0. The van der Waals surface area contributed by atoms with E-state index in [0.29, 0.717) is 24.6 Å². The van der Waals surface area contributed by atoms with Crippen LogP contribution in [0, 0.1) is 19.7 Å². The van der Waals surface area contributed by atoms with Crippen molar-refractivity contribution in [2.45, 2.75) is 33.7 Å². The average Bonchev–Trinajstić information content (AvgIpc) is 3.31. The summed E-state index contributed by atoms with van der Waals surface area (Å²) in [6.07, 6.45) is 3.99. The van der Waals surface area contributed by atoms with E-state index in [0.717, 1.165) is 33.2 Å². The zero-order valence-electron chi connectivity index (χ0n) is 17.6. The Hall–Kier alpha value is -3.26. The van der Waals surface area contributed by atoms with Gasteiger partial charge in [0.1, 0.15) is 23.7 Å². The van der Waals surface area contributed by atoms with Crippen molar-refractivity contribution in [2.24, 2.45) is 0 Å². The third kappa shape index (κ3) is 4.16. The molecule has 0 radical (unpaired) electrons. The van der Waals surface area contributed by atoms with E-state index in [9.17, 15) is 14.3 Å². The van der Waals surface area contributed by atoms with E-state index in [4.69, 9.17) is 0 Å². The number of aromatic carboxylic acids is 1. The highest BCUT2D eigenvalue weighted by Gasteiger charge is 2.15. The number of halogens is 1. The molecule has 0 amide bonds. The smallest absolute Gasteiger partial charge is 0.352 e. The Labute approximate surface area is 183 Å². The topological polar surface area (TPSA) is 80.0 Å². The van der Waals surface area contributed by atoms with Crippen LogP contribution in [0.1, 0.15) is 33.4 Å². The monoisotopic (exact) mass is 438 g/mol. The van der Waals surface area contributed by atoms with Gasteiger partial charge in [-0.1, -0.05) is 0 Å². The van der Waals surface area contributed by atoms with Crippen molar-refractivity contribution in [3.8, 4) is 11.3 Å². The van der Waals surface area contributed by atoms with Crippen LogP contribution < -0.4 is 5.32 Å². The highest BCUT2D eigenvalue weighted by molar-refractivity contribution is 7.19. The third-order valence-electron chi connectivity index (χ3n) is 5.34. The number of nitrogens with one attached hydrogen (secondary N) is 1. The molecule has 8 heteroatoms. The SMILES string of the molecule is CCn1cc(-c2cc(NCCc3c(C)sc4c(C)cc(F)cc34)ncn2)cc1C(=O)O. The molecule has 0 aliphatic rings. The highest BCUT2D eigenvalue weighted by atomic mass is 32.1. The second-order valence-electron chi connectivity index (χ2n) is 7.41. The van der Waals surface area contributed by atoms with Crippen LogP contribution in [0.2, 0.25) is 0 Å². The first-order valence-electron chi connectivity index (χ1n) is 10.0. The molecule has 4 aromatic rings. The van der Waals surface area contributed by atoms with Gasteiger partial charge in [-0.3, -0.25) is 0 Å². The Bertz CT molecular complexity index is 1280. The van der Waals surface area contributed by atoms with Crippen LogP contribution in [0.25, 0.3) is 21.3 Å². The Kier molecular flexibility index (Phi) is 5.73. The number of carboxylic acids is 1. The van der Waals surface area contributed by atoms with Crippen molar-refractivity contribution in [2.75, 3.05) is 11.9 Å². The maximum absolute atomic E-state index is 13.9. The van der Waals surface area contributed by atoms with Crippen molar-refractivity contribution < 1.29 is 14.3 Å². The molecule has 6 nitrogen and oxygen atoms in total. The molecule has 4 rings (SSSR count). The summed E-state index contributed by atoms with van der Waals surface area (Å²) in [5, 5.41) is 13.6. The second kappa shape index (κ2) is 8.47.